The lowest BCUT2D eigenvalue weighted by molar-refractivity contribution is -0.104. The second-order valence-corrected chi connectivity index (χ2v) is 3.99. The maximum absolute atomic E-state index is 10.5. The molecule has 120 valence electrons. The van der Waals surface area contributed by atoms with Crippen molar-refractivity contribution >= 4 is 6.29 Å². The Morgan fingerprint density at radius 3 is 2.05 bits per heavy atom. The number of aliphatic hydroxyl groups is 1. The molecule has 0 saturated heterocycles. The van der Waals surface area contributed by atoms with Crippen LogP contribution in [0.25, 0.3) is 0 Å². The molecule has 0 radical (unpaired) electrons. The molecule has 0 aliphatic rings. The molecule has 0 atom stereocenters. The molecule has 1 N–H and O–H groups in total. The predicted molar refractivity (Wildman–Crippen MR) is 89.9 cm³/mol. The van der Waals surface area contributed by atoms with Crippen LogP contribution in [0.4, 0.5) is 0 Å². The molecule has 0 aliphatic carbocycles. The van der Waals surface area contributed by atoms with Crippen molar-refractivity contribution in [3.8, 4) is 5.75 Å². The van der Waals surface area contributed by atoms with Crippen LogP contribution in [0.1, 0.15) is 47.1 Å². The quantitative estimate of drug-likeness (QED) is 0.632. The molecular formula is C18H30O3. The first-order chi connectivity index (χ1) is 10.2. The average Bonchev–Trinajstić information content (AvgIpc) is 2.57. The zero-order valence-electron chi connectivity index (χ0n) is 14.3. The van der Waals surface area contributed by atoms with E-state index in [4.69, 9.17) is 9.84 Å². The van der Waals surface area contributed by atoms with Crippen LogP contribution in [0.15, 0.2) is 35.4 Å². The molecule has 0 aromatic heterocycles. The summed E-state index contributed by atoms with van der Waals surface area (Å²) in [5.41, 5.74) is 2.72. The molecule has 0 heterocycles. The standard InChI is InChI=1S/C14H18O3.2C2H6/c1-11(9-16)12(2)10-17-14-5-3-13(4-6-14)7-8-15;2*1-2/h3-6,9,15H,7-8,10H2,1-2H3;2*1-2H3/b12-11-;;. The number of ether oxygens (including phenoxy) is 1. The molecule has 0 saturated carbocycles. The second-order valence-electron chi connectivity index (χ2n) is 3.99. The molecule has 1 aromatic carbocycles. The zero-order valence-corrected chi connectivity index (χ0v) is 14.3. The number of hydrogen-bond acceptors (Lipinski definition) is 3. The lowest BCUT2D eigenvalue weighted by Crippen LogP contribution is -2.01. The first kappa shape index (κ1) is 21.7. The number of allylic oxidation sites excluding steroid dienone is 1. The van der Waals surface area contributed by atoms with Crippen molar-refractivity contribution < 1.29 is 14.6 Å². The highest BCUT2D eigenvalue weighted by molar-refractivity contribution is 5.73. The largest absolute Gasteiger partial charge is 0.489 e. The monoisotopic (exact) mass is 294 g/mol. The van der Waals surface area contributed by atoms with Crippen molar-refractivity contribution in [1.29, 1.82) is 0 Å². The van der Waals surface area contributed by atoms with Gasteiger partial charge in [-0.15, -0.1) is 0 Å². The van der Waals surface area contributed by atoms with Crippen LogP contribution in [0.2, 0.25) is 0 Å². The molecule has 1 aromatic rings. The smallest absolute Gasteiger partial charge is 0.145 e. The number of carbonyl (C=O) groups is 1. The van der Waals surface area contributed by atoms with Crippen molar-refractivity contribution in [1.82, 2.24) is 0 Å². The Kier molecular flexibility index (Phi) is 15.3. The minimum Gasteiger partial charge on any atom is -0.489 e. The molecule has 0 unspecified atom stereocenters. The lowest BCUT2D eigenvalue weighted by Gasteiger charge is -2.08. The second kappa shape index (κ2) is 14.8. The van der Waals surface area contributed by atoms with Crippen LogP contribution in [0.3, 0.4) is 0 Å². The zero-order chi connectivity index (χ0) is 16.7. The SMILES string of the molecule is C/C(C=O)=C(\C)COc1ccc(CCO)cc1.CC.CC. The number of hydrogen-bond donors (Lipinski definition) is 1. The van der Waals surface area contributed by atoms with Crippen LogP contribution < -0.4 is 4.74 Å². The summed E-state index contributed by atoms with van der Waals surface area (Å²) in [6, 6.07) is 7.59. The highest BCUT2D eigenvalue weighted by Crippen LogP contribution is 2.14. The fourth-order valence-corrected chi connectivity index (χ4v) is 1.29. The Morgan fingerprint density at radius 1 is 1.10 bits per heavy atom. The van der Waals surface area contributed by atoms with E-state index >= 15 is 0 Å². The van der Waals surface area contributed by atoms with Crippen LogP contribution in [0.5, 0.6) is 5.75 Å². The summed E-state index contributed by atoms with van der Waals surface area (Å²) >= 11 is 0. The summed E-state index contributed by atoms with van der Waals surface area (Å²) in [5, 5.41) is 8.78. The summed E-state index contributed by atoms with van der Waals surface area (Å²) in [6.45, 7) is 12.2. The number of aliphatic hydroxyl groups excluding tert-OH is 1. The maximum Gasteiger partial charge on any atom is 0.145 e. The fourth-order valence-electron chi connectivity index (χ4n) is 1.29. The van der Waals surface area contributed by atoms with E-state index in [1.54, 1.807) is 6.92 Å². The molecular weight excluding hydrogens is 264 g/mol. The van der Waals surface area contributed by atoms with Crippen LogP contribution in [-0.4, -0.2) is 24.6 Å². The van der Waals surface area contributed by atoms with Crippen LogP contribution >= 0.6 is 0 Å². The third-order valence-electron chi connectivity index (χ3n) is 2.63. The molecule has 3 heteroatoms. The topological polar surface area (TPSA) is 46.5 Å². The summed E-state index contributed by atoms with van der Waals surface area (Å²) in [5.74, 6) is 0.768. The molecule has 1 rings (SSSR count). The average molecular weight is 294 g/mol. The molecule has 0 aliphatic heterocycles. The predicted octanol–water partition coefficient (Wildman–Crippen LogP) is 4.19. The van der Waals surface area contributed by atoms with E-state index in [-0.39, 0.29) is 6.61 Å². The van der Waals surface area contributed by atoms with Gasteiger partial charge in [0, 0.05) is 6.61 Å². The molecule has 21 heavy (non-hydrogen) atoms. The Bertz CT molecular complexity index is 391. The summed E-state index contributed by atoms with van der Waals surface area (Å²) in [4.78, 5) is 10.5. The highest BCUT2D eigenvalue weighted by Gasteiger charge is 1.99. The summed E-state index contributed by atoms with van der Waals surface area (Å²) < 4.78 is 5.54. The van der Waals surface area contributed by atoms with Gasteiger partial charge in [0.25, 0.3) is 0 Å². The molecule has 0 amide bonds. The Morgan fingerprint density at radius 2 is 1.62 bits per heavy atom. The van der Waals surface area contributed by atoms with E-state index in [9.17, 15) is 4.79 Å². The van der Waals surface area contributed by atoms with Crippen molar-refractivity contribution in [2.24, 2.45) is 0 Å². The van der Waals surface area contributed by atoms with Crippen molar-refractivity contribution in [3.63, 3.8) is 0 Å². The van der Waals surface area contributed by atoms with Gasteiger partial charge in [-0.3, -0.25) is 4.79 Å². The van der Waals surface area contributed by atoms with E-state index in [1.165, 1.54) is 0 Å². The lowest BCUT2D eigenvalue weighted by atomic mass is 10.1. The van der Waals surface area contributed by atoms with Gasteiger partial charge in [-0.25, -0.2) is 0 Å². The fraction of sp³-hybridized carbons (Fsp3) is 0.500. The number of carbonyl (C=O) groups excluding carboxylic acids is 1. The van der Waals surface area contributed by atoms with Gasteiger partial charge in [0.05, 0.1) is 0 Å². The third kappa shape index (κ3) is 9.85. The van der Waals surface area contributed by atoms with Crippen molar-refractivity contribution in [3.05, 3.63) is 41.0 Å². The highest BCUT2D eigenvalue weighted by atomic mass is 16.5. The van der Waals surface area contributed by atoms with Gasteiger partial charge < -0.3 is 9.84 Å². The van der Waals surface area contributed by atoms with Gasteiger partial charge in [0.1, 0.15) is 18.6 Å². The molecule has 0 fully saturated rings. The van der Waals surface area contributed by atoms with E-state index in [0.29, 0.717) is 18.6 Å². The number of rotatable bonds is 6. The third-order valence-corrected chi connectivity index (χ3v) is 2.63. The number of benzene rings is 1. The Hall–Kier alpha value is -1.61. The Labute approximate surface area is 129 Å². The first-order valence-electron chi connectivity index (χ1n) is 7.61. The minimum atomic E-state index is 0.153. The van der Waals surface area contributed by atoms with E-state index in [2.05, 4.69) is 0 Å². The van der Waals surface area contributed by atoms with Gasteiger partial charge in [0.2, 0.25) is 0 Å². The van der Waals surface area contributed by atoms with E-state index < -0.39 is 0 Å². The van der Waals surface area contributed by atoms with Crippen molar-refractivity contribution in [2.45, 2.75) is 48.0 Å². The molecule has 0 spiro atoms. The minimum absolute atomic E-state index is 0.153. The van der Waals surface area contributed by atoms with Gasteiger partial charge in [-0.1, -0.05) is 39.8 Å². The molecule has 3 nitrogen and oxygen atoms in total. The summed E-state index contributed by atoms with van der Waals surface area (Å²) in [7, 11) is 0. The van der Waals surface area contributed by atoms with Gasteiger partial charge >= 0.3 is 0 Å². The first-order valence-corrected chi connectivity index (χ1v) is 7.61. The molecule has 0 bridgehead atoms. The summed E-state index contributed by atoms with van der Waals surface area (Å²) in [6.07, 6.45) is 1.49. The van der Waals surface area contributed by atoms with Crippen LogP contribution in [0, 0.1) is 0 Å². The normalized spacial score (nSPS) is 10.2. The van der Waals surface area contributed by atoms with Crippen LogP contribution in [-0.2, 0) is 11.2 Å². The Balaban J connectivity index is 0. The van der Waals surface area contributed by atoms with Gasteiger partial charge in [-0.05, 0) is 49.1 Å². The van der Waals surface area contributed by atoms with E-state index in [0.717, 1.165) is 23.2 Å². The number of aldehydes is 1. The van der Waals surface area contributed by atoms with Gasteiger partial charge in [-0.2, -0.15) is 0 Å². The maximum atomic E-state index is 10.5. The van der Waals surface area contributed by atoms with Crippen molar-refractivity contribution in [2.75, 3.05) is 13.2 Å². The van der Waals surface area contributed by atoms with Gasteiger partial charge in [0.15, 0.2) is 0 Å². The van der Waals surface area contributed by atoms with E-state index in [1.807, 2.05) is 58.9 Å².